The van der Waals surface area contributed by atoms with Crippen molar-refractivity contribution in [2.75, 3.05) is 12.4 Å². The fourth-order valence-corrected chi connectivity index (χ4v) is 2.18. The second-order valence-corrected chi connectivity index (χ2v) is 4.72. The van der Waals surface area contributed by atoms with Crippen LogP contribution in [0.1, 0.15) is 17.2 Å². The highest BCUT2D eigenvalue weighted by atomic mass is 16.6. The molecule has 22 heavy (non-hydrogen) atoms. The van der Waals surface area contributed by atoms with Gasteiger partial charge in [0.2, 0.25) is 0 Å². The number of hydrogen-bond donors (Lipinski definition) is 1. The van der Waals surface area contributed by atoms with Crippen LogP contribution in [0.5, 0.6) is 0 Å². The molecule has 0 saturated carbocycles. The molecule has 1 amide bonds. The highest BCUT2D eigenvalue weighted by Crippen LogP contribution is 2.26. The molecule has 2 aromatic rings. The van der Waals surface area contributed by atoms with Gasteiger partial charge in [-0.05, 0) is 18.6 Å². The van der Waals surface area contributed by atoms with Gasteiger partial charge in [0.05, 0.1) is 16.2 Å². The van der Waals surface area contributed by atoms with E-state index < -0.39 is 11.0 Å². The number of rotatable bonds is 5. The van der Waals surface area contributed by atoms with E-state index >= 15 is 0 Å². The van der Waals surface area contributed by atoms with Crippen molar-refractivity contribution in [2.24, 2.45) is 0 Å². The summed E-state index contributed by atoms with van der Waals surface area (Å²) in [5.41, 5.74) is 1.48. The van der Waals surface area contributed by atoms with Gasteiger partial charge in [-0.2, -0.15) is 0 Å². The minimum Gasteiger partial charge on any atom is -0.367 e. The maximum absolute atomic E-state index is 12.4. The van der Waals surface area contributed by atoms with Gasteiger partial charge < -0.3 is 10.1 Å². The Kier molecular flexibility index (Phi) is 4.85. The Morgan fingerprint density at radius 2 is 1.86 bits per heavy atom. The first-order chi connectivity index (χ1) is 10.5. The molecule has 0 radical (unpaired) electrons. The molecule has 0 saturated heterocycles. The zero-order valence-corrected chi connectivity index (χ0v) is 12.3. The monoisotopic (exact) mass is 300 g/mol. The number of nitro benzene ring substituents is 1. The van der Waals surface area contributed by atoms with E-state index in [2.05, 4.69) is 5.32 Å². The number of carbonyl (C=O) groups is 1. The van der Waals surface area contributed by atoms with Crippen LogP contribution in [0, 0.1) is 17.0 Å². The lowest BCUT2D eigenvalue weighted by atomic mass is 10.1. The number of anilines is 1. The van der Waals surface area contributed by atoms with Gasteiger partial charge >= 0.3 is 0 Å². The number of amides is 1. The van der Waals surface area contributed by atoms with Crippen molar-refractivity contribution in [1.29, 1.82) is 0 Å². The summed E-state index contributed by atoms with van der Waals surface area (Å²) in [6.45, 7) is 1.60. The molecule has 0 heterocycles. The smallest absolute Gasteiger partial charge is 0.274 e. The molecule has 6 heteroatoms. The minimum absolute atomic E-state index is 0.0357. The normalized spacial score (nSPS) is 11.7. The lowest BCUT2D eigenvalue weighted by Crippen LogP contribution is -2.23. The van der Waals surface area contributed by atoms with Gasteiger partial charge in [0.25, 0.3) is 11.6 Å². The zero-order valence-electron chi connectivity index (χ0n) is 12.3. The molecule has 6 nitrogen and oxygen atoms in total. The van der Waals surface area contributed by atoms with E-state index in [0.717, 1.165) is 0 Å². The summed E-state index contributed by atoms with van der Waals surface area (Å²) < 4.78 is 5.24. The fourth-order valence-electron chi connectivity index (χ4n) is 2.18. The summed E-state index contributed by atoms with van der Waals surface area (Å²) in [5, 5.41) is 13.6. The van der Waals surface area contributed by atoms with E-state index in [-0.39, 0.29) is 11.6 Å². The molecule has 0 bridgehead atoms. The molecule has 0 unspecified atom stereocenters. The highest BCUT2D eigenvalue weighted by molar-refractivity contribution is 5.96. The average molecular weight is 300 g/mol. The number of ether oxygens (including phenoxy) is 1. The largest absolute Gasteiger partial charge is 0.367 e. The third-order valence-corrected chi connectivity index (χ3v) is 3.34. The van der Waals surface area contributed by atoms with Gasteiger partial charge in [0.1, 0.15) is 0 Å². The maximum Gasteiger partial charge on any atom is 0.274 e. The van der Waals surface area contributed by atoms with Crippen LogP contribution in [0.2, 0.25) is 0 Å². The second kappa shape index (κ2) is 6.82. The van der Waals surface area contributed by atoms with Crippen LogP contribution >= 0.6 is 0 Å². The molecule has 0 aromatic heterocycles. The Morgan fingerprint density at radius 1 is 1.18 bits per heavy atom. The molecule has 0 aliphatic rings. The third-order valence-electron chi connectivity index (χ3n) is 3.34. The average Bonchev–Trinajstić information content (AvgIpc) is 2.51. The highest BCUT2D eigenvalue weighted by Gasteiger charge is 2.22. The van der Waals surface area contributed by atoms with Gasteiger partial charge in [-0.15, -0.1) is 0 Å². The van der Waals surface area contributed by atoms with E-state index in [0.29, 0.717) is 16.8 Å². The lowest BCUT2D eigenvalue weighted by molar-refractivity contribution is -0.385. The number of nitro groups is 1. The van der Waals surface area contributed by atoms with Crippen molar-refractivity contribution in [3.63, 3.8) is 0 Å². The van der Waals surface area contributed by atoms with Gasteiger partial charge in [-0.1, -0.05) is 36.4 Å². The Balaban J connectivity index is 2.25. The van der Waals surface area contributed by atoms with Crippen molar-refractivity contribution in [1.82, 2.24) is 0 Å². The Labute approximate surface area is 127 Å². The molecule has 114 valence electrons. The summed E-state index contributed by atoms with van der Waals surface area (Å²) >= 11 is 0. The van der Waals surface area contributed by atoms with Gasteiger partial charge in [0, 0.05) is 13.2 Å². The maximum atomic E-state index is 12.4. The van der Waals surface area contributed by atoms with Crippen molar-refractivity contribution in [3.8, 4) is 0 Å². The number of nitrogens with zero attached hydrogens (tertiary/aromatic N) is 1. The zero-order chi connectivity index (χ0) is 16.1. The van der Waals surface area contributed by atoms with E-state index in [1.165, 1.54) is 19.2 Å². The molecule has 1 atom stereocenters. The van der Waals surface area contributed by atoms with Crippen LogP contribution in [0.15, 0.2) is 48.5 Å². The molecule has 1 N–H and O–H groups in total. The molecule has 2 aromatic carbocycles. The van der Waals surface area contributed by atoms with Gasteiger partial charge in [0.15, 0.2) is 6.10 Å². The van der Waals surface area contributed by atoms with Crippen LogP contribution in [0.4, 0.5) is 11.4 Å². The Hall–Kier alpha value is -2.73. The van der Waals surface area contributed by atoms with Crippen molar-refractivity contribution in [2.45, 2.75) is 13.0 Å². The molecule has 2 rings (SSSR count). The standard InChI is InChI=1S/C16H16N2O4/c1-11-13(9-6-10-14(11)18(20)21)17-16(19)15(22-2)12-7-4-3-5-8-12/h3-10,15H,1-2H3,(H,17,19)/t15-/m1/s1. The van der Waals surface area contributed by atoms with Crippen LogP contribution in [-0.2, 0) is 9.53 Å². The Morgan fingerprint density at radius 3 is 2.45 bits per heavy atom. The second-order valence-electron chi connectivity index (χ2n) is 4.72. The summed E-state index contributed by atoms with van der Waals surface area (Å²) in [5.74, 6) is -0.378. The van der Waals surface area contributed by atoms with Crippen molar-refractivity contribution < 1.29 is 14.5 Å². The Bertz CT molecular complexity index is 686. The molecule has 0 spiro atoms. The molecule has 0 fully saturated rings. The van der Waals surface area contributed by atoms with Gasteiger partial charge in [-0.25, -0.2) is 0 Å². The van der Waals surface area contributed by atoms with Crippen molar-refractivity contribution >= 4 is 17.3 Å². The SMILES string of the molecule is CO[C@@H](C(=O)Nc1cccc([N+](=O)[O-])c1C)c1ccccc1. The van der Waals surface area contributed by atoms with Crippen molar-refractivity contribution in [3.05, 3.63) is 69.8 Å². The van der Waals surface area contributed by atoms with E-state index in [1.54, 1.807) is 25.1 Å². The predicted molar refractivity (Wildman–Crippen MR) is 82.7 cm³/mol. The van der Waals surface area contributed by atoms with Gasteiger partial charge in [-0.3, -0.25) is 14.9 Å². The van der Waals surface area contributed by atoms with Crippen LogP contribution in [-0.4, -0.2) is 17.9 Å². The van der Waals surface area contributed by atoms with E-state index in [4.69, 9.17) is 4.74 Å². The first-order valence-electron chi connectivity index (χ1n) is 6.67. The van der Waals surface area contributed by atoms with E-state index in [1.807, 2.05) is 18.2 Å². The number of benzene rings is 2. The van der Waals surface area contributed by atoms with Crippen LogP contribution in [0.25, 0.3) is 0 Å². The number of carbonyl (C=O) groups excluding carboxylic acids is 1. The first-order valence-corrected chi connectivity index (χ1v) is 6.67. The van der Waals surface area contributed by atoms with Crippen LogP contribution < -0.4 is 5.32 Å². The number of methoxy groups -OCH3 is 1. The topological polar surface area (TPSA) is 81.5 Å². The quantitative estimate of drug-likeness (QED) is 0.679. The number of nitrogens with one attached hydrogen (secondary N) is 1. The summed E-state index contributed by atoms with van der Waals surface area (Å²) in [7, 11) is 1.44. The molecule has 0 aliphatic carbocycles. The minimum atomic E-state index is -0.778. The van der Waals surface area contributed by atoms with E-state index in [9.17, 15) is 14.9 Å². The molecule has 0 aliphatic heterocycles. The third kappa shape index (κ3) is 3.29. The van der Waals surface area contributed by atoms with Crippen LogP contribution in [0.3, 0.4) is 0 Å². The summed E-state index contributed by atoms with van der Waals surface area (Å²) in [6.07, 6.45) is -0.778. The number of hydrogen-bond acceptors (Lipinski definition) is 4. The predicted octanol–water partition coefficient (Wildman–Crippen LogP) is 3.23. The summed E-state index contributed by atoms with van der Waals surface area (Å²) in [4.78, 5) is 22.8. The fraction of sp³-hybridized carbons (Fsp3) is 0.188. The summed E-state index contributed by atoms with van der Waals surface area (Å²) in [6, 6.07) is 13.6. The first kappa shape index (κ1) is 15.7. The molecular weight excluding hydrogens is 284 g/mol. The lowest BCUT2D eigenvalue weighted by Gasteiger charge is -2.16. The molecular formula is C16H16N2O4.